The van der Waals surface area contributed by atoms with Crippen molar-refractivity contribution in [2.24, 2.45) is 0 Å². The molecule has 1 atom stereocenters. The quantitative estimate of drug-likeness (QED) is 0.377. The number of alkyl carbamates (subject to hydrolysis) is 1. The van der Waals surface area contributed by atoms with Crippen molar-refractivity contribution in [1.29, 1.82) is 0 Å². The molecule has 0 bridgehead atoms. The summed E-state index contributed by atoms with van der Waals surface area (Å²) in [6, 6.07) is 17.2. The zero-order chi connectivity index (χ0) is 25.6. The summed E-state index contributed by atoms with van der Waals surface area (Å²) in [5.41, 5.74) is 1.39. The Bertz CT molecular complexity index is 1210. The average molecular weight is 479 g/mol. The van der Waals surface area contributed by atoms with E-state index in [0.717, 1.165) is 16.3 Å². The van der Waals surface area contributed by atoms with Crippen LogP contribution in [0.3, 0.4) is 0 Å². The van der Waals surface area contributed by atoms with E-state index in [1.54, 1.807) is 64.1 Å². The molecule has 3 aromatic rings. The van der Waals surface area contributed by atoms with Crippen LogP contribution in [0.25, 0.3) is 10.8 Å². The number of ether oxygens (including phenoxy) is 2. The summed E-state index contributed by atoms with van der Waals surface area (Å²) in [5.74, 6) is -1.58. The predicted molar refractivity (Wildman–Crippen MR) is 134 cm³/mol. The Morgan fingerprint density at radius 2 is 1.60 bits per heavy atom. The van der Waals surface area contributed by atoms with E-state index in [9.17, 15) is 19.5 Å². The van der Waals surface area contributed by atoms with Crippen LogP contribution in [0, 0.1) is 0 Å². The molecule has 35 heavy (non-hydrogen) atoms. The number of carboxylic acids is 1. The molecule has 3 N–H and O–H groups in total. The highest BCUT2D eigenvalue weighted by molar-refractivity contribution is 6.01. The Balaban J connectivity index is 1.77. The van der Waals surface area contributed by atoms with Gasteiger partial charge in [0.2, 0.25) is 0 Å². The highest BCUT2D eigenvalue weighted by Gasteiger charge is 2.25. The van der Waals surface area contributed by atoms with Crippen molar-refractivity contribution in [2.75, 3.05) is 11.9 Å². The molecule has 0 heterocycles. The van der Waals surface area contributed by atoms with Crippen LogP contribution in [0.15, 0.2) is 60.7 Å². The highest BCUT2D eigenvalue weighted by atomic mass is 16.6. The number of aromatic carboxylic acids is 1. The fourth-order valence-corrected chi connectivity index (χ4v) is 3.52. The summed E-state index contributed by atoms with van der Waals surface area (Å²) in [4.78, 5) is 36.4. The van der Waals surface area contributed by atoms with Gasteiger partial charge in [0, 0.05) is 12.1 Å². The average Bonchev–Trinajstić information content (AvgIpc) is 2.78. The maximum atomic E-state index is 12.4. The summed E-state index contributed by atoms with van der Waals surface area (Å²) in [6.07, 6.45) is -0.499. The van der Waals surface area contributed by atoms with Gasteiger partial charge in [0.15, 0.2) is 0 Å². The third-order valence-electron chi connectivity index (χ3n) is 5.05. The van der Waals surface area contributed by atoms with Gasteiger partial charge in [-0.25, -0.2) is 14.4 Å². The number of amides is 1. The first-order chi connectivity index (χ1) is 16.6. The van der Waals surface area contributed by atoms with Crippen LogP contribution in [0.5, 0.6) is 0 Å². The molecule has 3 rings (SSSR count). The minimum atomic E-state index is -1.03. The minimum absolute atomic E-state index is 0.164. The lowest BCUT2D eigenvalue weighted by atomic mass is 10.0. The number of fused-ring (bicyclic) bond motifs is 1. The lowest BCUT2D eigenvalue weighted by Gasteiger charge is -2.23. The maximum Gasteiger partial charge on any atom is 0.408 e. The number of carbonyl (C=O) groups is 3. The molecule has 0 aliphatic heterocycles. The molecule has 0 spiro atoms. The molecule has 0 radical (unpaired) electrons. The number of nitrogens with one attached hydrogen (secondary N) is 2. The van der Waals surface area contributed by atoms with Crippen molar-refractivity contribution in [3.05, 3.63) is 71.8 Å². The second-order valence-corrected chi connectivity index (χ2v) is 9.03. The predicted octanol–water partition coefficient (Wildman–Crippen LogP) is 5.28. The number of anilines is 2. The number of carboxylic acid groups (broad SMARTS) is 1. The van der Waals surface area contributed by atoms with Crippen LogP contribution in [0.4, 0.5) is 16.2 Å². The lowest BCUT2D eigenvalue weighted by molar-refractivity contribution is -0.145. The van der Waals surface area contributed by atoms with Gasteiger partial charge in [-0.15, -0.1) is 0 Å². The topological polar surface area (TPSA) is 114 Å². The summed E-state index contributed by atoms with van der Waals surface area (Å²) in [7, 11) is 0. The van der Waals surface area contributed by atoms with Crippen molar-refractivity contribution in [2.45, 2.75) is 45.8 Å². The summed E-state index contributed by atoms with van der Waals surface area (Å²) in [6.45, 7) is 7.10. The van der Waals surface area contributed by atoms with E-state index < -0.39 is 29.7 Å². The van der Waals surface area contributed by atoms with E-state index in [2.05, 4.69) is 10.6 Å². The van der Waals surface area contributed by atoms with Gasteiger partial charge in [-0.2, -0.15) is 0 Å². The molecule has 0 aliphatic rings. The van der Waals surface area contributed by atoms with Crippen LogP contribution in [0.1, 0.15) is 43.6 Å². The zero-order valence-electron chi connectivity index (χ0n) is 20.3. The molecule has 184 valence electrons. The Labute approximate surface area is 204 Å². The summed E-state index contributed by atoms with van der Waals surface area (Å²) >= 11 is 0. The van der Waals surface area contributed by atoms with E-state index in [4.69, 9.17) is 9.47 Å². The molecule has 8 nitrogen and oxygen atoms in total. The third-order valence-corrected chi connectivity index (χ3v) is 5.05. The van der Waals surface area contributed by atoms with E-state index in [0.29, 0.717) is 11.4 Å². The molecule has 1 unspecified atom stereocenters. The molecule has 0 fully saturated rings. The smallest absolute Gasteiger partial charge is 0.408 e. The highest BCUT2D eigenvalue weighted by Crippen LogP contribution is 2.27. The Morgan fingerprint density at radius 1 is 0.971 bits per heavy atom. The Kier molecular flexibility index (Phi) is 7.96. The van der Waals surface area contributed by atoms with Crippen molar-refractivity contribution in [1.82, 2.24) is 5.32 Å². The Morgan fingerprint density at radius 3 is 2.17 bits per heavy atom. The molecule has 0 aromatic heterocycles. The number of hydrogen-bond donors (Lipinski definition) is 3. The summed E-state index contributed by atoms with van der Waals surface area (Å²) < 4.78 is 10.4. The van der Waals surface area contributed by atoms with Gasteiger partial charge in [-0.3, -0.25) is 0 Å². The maximum absolute atomic E-state index is 12.4. The molecule has 0 saturated heterocycles. The van der Waals surface area contributed by atoms with Gasteiger partial charge < -0.3 is 25.2 Å². The SMILES string of the molecule is CCOC(=O)C(Cc1ccc(Nc2cc3ccccc3cc2C(=O)O)cc1)NC(=O)OC(C)(C)C. The minimum Gasteiger partial charge on any atom is -0.478 e. The number of benzene rings is 3. The van der Waals surface area contributed by atoms with Gasteiger partial charge in [0.1, 0.15) is 11.6 Å². The van der Waals surface area contributed by atoms with Gasteiger partial charge >= 0.3 is 18.0 Å². The van der Waals surface area contributed by atoms with Crippen LogP contribution >= 0.6 is 0 Å². The van der Waals surface area contributed by atoms with Crippen LogP contribution < -0.4 is 10.6 Å². The van der Waals surface area contributed by atoms with E-state index >= 15 is 0 Å². The van der Waals surface area contributed by atoms with Gasteiger partial charge in [0.05, 0.1) is 17.9 Å². The van der Waals surface area contributed by atoms with Crippen LogP contribution in [-0.2, 0) is 20.7 Å². The van der Waals surface area contributed by atoms with Crippen molar-refractivity contribution in [3.8, 4) is 0 Å². The second-order valence-electron chi connectivity index (χ2n) is 9.03. The monoisotopic (exact) mass is 478 g/mol. The van der Waals surface area contributed by atoms with Crippen molar-refractivity contribution >= 4 is 40.2 Å². The first-order valence-corrected chi connectivity index (χ1v) is 11.3. The molecule has 1 amide bonds. The number of hydrogen-bond acceptors (Lipinski definition) is 6. The largest absolute Gasteiger partial charge is 0.478 e. The summed E-state index contributed by atoms with van der Waals surface area (Å²) in [5, 5.41) is 17.2. The van der Waals surface area contributed by atoms with Crippen LogP contribution in [0.2, 0.25) is 0 Å². The van der Waals surface area contributed by atoms with E-state index in [-0.39, 0.29) is 18.6 Å². The van der Waals surface area contributed by atoms with Crippen molar-refractivity contribution in [3.63, 3.8) is 0 Å². The standard InChI is InChI=1S/C27H30N2O6/c1-5-34-25(32)23(29-26(33)35-27(2,3)4)14-17-10-12-20(13-11-17)28-22-16-19-9-7-6-8-18(19)15-21(22)24(30)31/h6-13,15-16,23,28H,5,14H2,1-4H3,(H,29,33)(H,30,31). The van der Waals surface area contributed by atoms with E-state index in [1.165, 1.54) is 0 Å². The molecule has 3 aromatic carbocycles. The number of esters is 1. The molecule has 0 aliphatic carbocycles. The second kappa shape index (κ2) is 10.9. The fraction of sp³-hybridized carbons (Fsp3) is 0.296. The van der Waals surface area contributed by atoms with Gasteiger partial charge in [0.25, 0.3) is 0 Å². The molecular formula is C27H30N2O6. The lowest BCUT2D eigenvalue weighted by Crippen LogP contribution is -2.45. The van der Waals surface area contributed by atoms with Crippen LogP contribution in [-0.4, -0.2) is 41.4 Å². The molecular weight excluding hydrogens is 448 g/mol. The first-order valence-electron chi connectivity index (χ1n) is 11.3. The van der Waals surface area contributed by atoms with Gasteiger partial charge in [-0.1, -0.05) is 36.4 Å². The Hall–Kier alpha value is -4.07. The van der Waals surface area contributed by atoms with Gasteiger partial charge in [-0.05, 0) is 68.3 Å². The fourth-order valence-electron chi connectivity index (χ4n) is 3.52. The molecule has 0 saturated carbocycles. The normalized spacial score (nSPS) is 12.0. The number of carbonyl (C=O) groups excluding carboxylic acids is 2. The van der Waals surface area contributed by atoms with Crippen molar-refractivity contribution < 1.29 is 29.0 Å². The first kappa shape index (κ1) is 25.6. The molecule has 8 heteroatoms. The third kappa shape index (κ3) is 7.20. The zero-order valence-corrected chi connectivity index (χ0v) is 20.3. The van der Waals surface area contributed by atoms with E-state index in [1.807, 2.05) is 24.3 Å². The number of rotatable bonds is 8.